The number of nitrogens with two attached hydrogens (primary N) is 1. The lowest BCUT2D eigenvalue weighted by Crippen LogP contribution is -2.60. The molecular weight excluding hydrogens is 264 g/mol. The van der Waals surface area contributed by atoms with Crippen LogP contribution in [0.15, 0.2) is 54.6 Å². The molecule has 0 saturated heterocycles. The van der Waals surface area contributed by atoms with Crippen LogP contribution in [-0.2, 0) is 9.63 Å². The molecule has 0 aromatic heterocycles. The predicted octanol–water partition coefficient (Wildman–Crippen LogP) is 2.44. The minimum absolute atomic E-state index is 0.200. The summed E-state index contributed by atoms with van der Waals surface area (Å²) in [6.07, 6.45) is 0. The second kappa shape index (κ2) is 4.98. The zero-order valence-corrected chi connectivity index (χ0v) is 12.1. The van der Waals surface area contributed by atoms with Gasteiger partial charge < -0.3 is 5.73 Å². The van der Waals surface area contributed by atoms with Crippen LogP contribution < -0.4 is 10.8 Å². The van der Waals surface area contributed by atoms with Crippen LogP contribution in [-0.4, -0.2) is 18.6 Å². The quantitative estimate of drug-likeness (QED) is 0.920. The molecule has 2 atom stereocenters. The predicted molar refractivity (Wildman–Crippen MR) is 81.8 cm³/mol. The summed E-state index contributed by atoms with van der Waals surface area (Å²) >= 11 is 0. The standard InChI is InChI=1S/C17H18N2O2/c1-17(18)15(12-8-4-3-5-9-12)13-10-6-7-11-14(13)19(21-2)16(17)20/h3-11,15H,18H2,1-2H3/t15-,17+/m0/s1. The lowest BCUT2D eigenvalue weighted by molar-refractivity contribution is -0.130. The highest BCUT2D eigenvalue weighted by molar-refractivity contribution is 6.02. The summed E-state index contributed by atoms with van der Waals surface area (Å²) in [6.45, 7) is 1.76. The lowest BCUT2D eigenvalue weighted by atomic mass is 9.73. The van der Waals surface area contributed by atoms with E-state index in [9.17, 15) is 4.79 Å². The third kappa shape index (κ3) is 2.04. The summed E-state index contributed by atoms with van der Waals surface area (Å²) in [5.41, 5.74) is 8.12. The Hall–Kier alpha value is -2.17. The van der Waals surface area contributed by atoms with E-state index in [1.807, 2.05) is 54.6 Å². The van der Waals surface area contributed by atoms with Crippen LogP contribution >= 0.6 is 0 Å². The molecule has 2 aromatic rings. The van der Waals surface area contributed by atoms with Crippen molar-refractivity contribution in [3.05, 3.63) is 65.7 Å². The summed E-state index contributed by atoms with van der Waals surface area (Å²) < 4.78 is 0. The van der Waals surface area contributed by atoms with Crippen molar-refractivity contribution in [2.45, 2.75) is 18.4 Å². The van der Waals surface area contributed by atoms with E-state index in [1.54, 1.807) is 6.92 Å². The molecular formula is C17H18N2O2. The molecule has 1 amide bonds. The van der Waals surface area contributed by atoms with Crippen LogP contribution in [0.2, 0.25) is 0 Å². The first-order valence-electron chi connectivity index (χ1n) is 6.88. The maximum atomic E-state index is 12.7. The average Bonchev–Trinajstić information content (AvgIpc) is 2.49. The maximum absolute atomic E-state index is 12.7. The first-order valence-corrected chi connectivity index (χ1v) is 6.88. The highest BCUT2D eigenvalue weighted by atomic mass is 16.7. The Kier molecular flexibility index (Phi) is 3.27. The molecule has 0 aliphatic carbocycles. The van der Waals surface area contributed by atoms with Crippen LogP contribution in [0.25, 0.3) is 0 Å². The van der Waals surface area contributed by atoms with Gasteiger partial charge in [-0.15, -0.1) is 0 Å². The van der Waals surface area contributed by atoms with Gasteiger partial charge in [0, 0.05) is 5.92 Å². The second-order valence-electron chi connectivity index (χ2n) is 5.47. The molecule has 0 saturated carbocycles. The number of rotatable bonds is 2. The minimum atomic E-state index is -1.06. The number of anilines is 1. The van der Waals surface area contributed by atoms with Gasteiger partial charge in [-0.25, -0.2) is 0 Å². The molecule has 2 N–H and O–H groups in total. The fraction of sp³-hybridized carbons (Fsp3) is 0.235. The van der Waals surface area contributed by atoms with E-state index < -0.39 is 5.54 Å². The van der Waals surface area contributed by atoms with Gasteiger partial charge in [-0.05, 0) is 24.1 Å². The number of carbonyl (C=O) groups is 1. The van der Waals surface area contributed by atoms with Gasteiger partial charge in [-0.3, -0.25) is 9.63 Å². The van der Waals surface area contributed by atoms with Crippen molar-refractivity contribution in [1.29, 1.82) is 0 Å². The highest BCUT2D eigenvalue weighted by Crippen LogP contribution is 2.44. The monoisotopic (exact) mass is 282 g/mol. The molecule has 108 valence electrons. The molecule has 0 fully saturated rings. The number of para-hydroxylation sites is 1. The molecule has 3 rings (SSSR count). The first kappa shape index (κ1) is 13.8. The van der Waals surface area contributed by atoms with E-state index in [-0.39, 0.29) is 11.8 Å². The van der Waals surface area contributed by atoms with Crippen LogP contribution in [0, 0.1) is 0 Å². The van der Waals surface area contributed by atoms with Crippen molar-refractivity contribution in [2.75, 3.05) is 12.2 Å². The van der Waals surface area contributed by atoms with E-state index in [4.69, 9.17) is 10.6 Å². The summed E-state index contributed by atoms with van der Waals surface area (Å²) in [5.74, 6) is -0.439. The third-order valence-electron chi connectivity index (χ3n) is 4.03. The van der Waals surface area contributed by atoms with Gasteiger partial charge in [-0.2, -0.15) is 5.06 Å². The number of amides is 1. The van der Waals surface area contributed by atoms with E-state index >= 15 is 0 Å². The zero-order chi connectivity index (χ0) is 15.0. The van der Waals surface area contributed by atoms with Gasteiger partial charge in [0.25, 0.3) is 5.91 Å². The summed E-state index contributed by atoms with van der Waals surface area (Å²) in [6, 6.07) is 17.6. The molecule has 21 heavy (non-hydrogen) atoms. The number of hydrogen-bond donors (Lipinski definition) is 1. The molecule has 4 heteroatoms. The topological polar surface area (TPSA) is 55.6 Å². The largest absolute Gasteiger partial charge is 0.317 e. The summed E-state index contributed by atoms with van der Waals surface area (Å²) in [5, 5.41) is 1.29. The Morgan fingerprint density at radius 3 is 2.38 bits per heavy atom. The Morgan fingerprint density at radius 2 is 1.71 bits per heavy atom. The SMILES string of the molecule is CON1C(=O)[C@](C)(N)[C@@H](c2ccccc2)c2ccccc21. The molecule has 0 spiro atoms. The summed E-state index contributed by atoms with van der Waals surface area (Å²) in [4.78, 5) is 18.0. The van der Waals surface area contributed by atoms with Gasteiger partial charge in [-0.1, -0.05) is 48.5 Å². The smallest absolute Gasteiger partial charge is 0.271 e. The minimum Gasteiger partial charge on any atom is -0.317 e. The number of hydroxylamine groups is 1. The fourth-order valence-electron chi connectivity index (χ4n) is 3.04. The van der Waals surface area contributed by atoms with Crippen LogP contribution in [0.1, 0.15) is 24.0 Å². The van der Waals surface area contributed by atoms with Crippen molar-refractivity contribution in [1.82, 2.24) is 0 Å². The van der Waals surface area contributed by atoms with E-state index in [2.05, 4.69) is 0 Å². The molecule has 0 bridgehead atoms. The number of carbonyl (C=O) groups excluding carboxylic acids is 1. The highest BCUT2D eigenvalue weighted by Gasteiger charge is 2.48. The van der Waals surface area contributed by atoms with Gasteiger partial charge in [0.05, 0.1) is 12.8 Å². The van der Waals surface area contributed by atoms with Crippen molar-refractivity contribution < 1.29 is 9.63 Å². The van der Waals surface area contributed by atoms with E-state index in [0.29, 0.717) is 0 Å². The van der Waals surface area contributed by atoms with E-state index in [1.165, 1.54) is 12.2 Å². The van der Waals surface area contributed by atoms with Crippen LogP contribution in [0.4, 0.5) is 5.69 Å². The molecule has 1 aliphatic rings. The lowest BCUT2D eigenvalue weighted by Gasteiger charge is -2.42. The Labute approximate surface area is 124 Å². The van der Waals surface area contributed by atoms with E-state index in [0.717, 1.165) is 16.8 Å². The zero-order valence-electron chi connectivity index (χ0n) is 12.1. The van der Waals surface area contributed by atoms with Crippen LogP contribution in [0.5, 0.6) is 0 Å². The van der Waals surface area contributed by atoms with Gasteiger partial charge in [0.2, 0.25) is 0 Å². The van der Waals surface area contributed by atoms with Gasteiger partial charge >= 0.3 is 0 Å². The van der Waals surface area contributed by atoms with Gasteiger partial charge in [0.15, 0.2) is 0 Å². The Morgan fingerprint density at radius 1 is 1.10 bits per heavy atom. The Balaban J connectivity index is 2.25. The number of fused-ring (bicyclic) bond motifs is 1. The van der Waals surface area contributed by atoms with Gasteiger partial charge in [0.1, 0.15) is 5.54 Å². The fourth-order valence-corrected chi connectivity index (χ4v) is 3.04. The van der Waals surface area contributed by atoms with Crippen molar-refractivity contribution >= 4 is 11.6 Å². The Bertz CT molecular complexity index is 668. The number of hydrogen-bond acceptors (Lipinski definition) is 3. The summed E-state index contributed by atoms with van der Waals surface area (Å²) in [7, 11) is 1.48. The molecule has 1 heterocycles. The first-order chi connectivity index (χ1) is 10.1. The molecule has 1 aliphatic heterocycles. The second-order valence-corrected chi connectivity index (χ2v) is 5.47. The average molecular weight is 282 g/mol. The normalized spacial score (nSPS) is 24.8. The van der Waals surface area contributed by atoms with Crippen molar-refractivity contribution in [3.8, 4) is 0 Å². The maximum Gasteiger partial charge on any atom is 0.271 e. The van der Waals surface area contributed by atoms with Crippen LogP contribution in [0.3, 0.4) is 0 Å². The molecule has 4 nitrogen and oxygen atoms in total. The number of benzene rings is 2. The molecule has 2 aromatic carbocycles. The van der Waals surface area contributed by atoms with Crippen molar-refractivity contribution in [3.63, 3.8) is 0 Å². The molecule has 0 unspecified atom stereocenters. The third-order valence-corrected chi connectivity index (χ3v) is 4.03. The number of nitrogens with zero attached hydrogens (tertiary/aromatic N) is 1. The molecule has 0 radical (unpaired) electrons. The van der Waals surface area contributed by atoms with Crippen molar-refractivity contribution in [2.24, 2.45) is 5.73 Å².